The van der Waals surface area contributed by atoms with E-state index in [0.717, 1.165) is 29.6 Å². The zero-order valence-electron chi connectivity index (χ0n) is 11.2. The average Bonchev–Trinajstić information content (AvgIpc) is 2.91. The highest BCUT2D eigenvalue weighted by molar-refractivity contribution is 5.89. The van der Waals surface area contributed by atoms with Crippen molar-refractivity contribution in [1.29, 1.82) is 0 Å². The molecule has 2 bridgehead atoms. The monoisotopic (exact) mass is 254 g/mol. The van der Waals surface area contributed by atoms with Crippen molar-refractivity contribution < 1.29 is 9.53 Å². The summed E-state index contributed by atoms with van der Waals surface area (Å²) in [7, 11) is 0. The van der Waals surface area contributed by atoms with Crippen LogP contribution in [0.25, 0.3) is 0 Å². The van der Waals surface area contributed by atoms with Crippen molar-refractivity contribution in [3.8, 4) is 0 Å². The molecule has 0 aliphatic heterocycles. The molecule has 0 saturated heterocycles. The molecule has 0 unspecified atom stereocenters. The van der Waals surface area contributed by atoms with Crippen molar-refractivity contribution in [3.63, 3.8) is 0 Å². The van der Waals surface area contributed by atoms with Crippen molar-refractivity contribution in [2.24, 2.45) is 11.8 Å². The predicted molar refractivity (Wildman–Crippen MR) is 74.9 cm³/mol. The first-order valence-corrected chi connectivity index (χ1v) is 6.72. The van der Waals surface area contributed by atoms with E-state index in [1.54, 1.807) is 0 Å². The fraction of sp³-hybridized carbons (Fsp3) is 0.353. The average molecular weight is 254 g/mol. The molecular formula is C17H18O2. The standard InChI is InChI=1S/C17H18O2/c1-10-4-6-13(7-5-10)17(18)19-16-9-14-8-15(16)12(3)11(14)2/h4-7,14-16H,2-3,8-9H2,1H3/t14-,15-,16+/m0/s1. The van der Waals surface area contributed by atoms with Gasteiger partial charge in [-0.3, -0.25) is 0 Å². The molecular weight excluding hydrogens is 236 g/mol. The van der Waals surface area contributed by atoms with Crippen molar-refractivity contribution >= 4 is 5.97 Å². The molecule has 2 nitrogen and oxygen atoms in total. The van der Waals surface area contributed by atoms with Gasteiger partial charge >= 0.3 is 5.97 Å². The van der Waals surface area contributed by atoms with Crippen LogP contribution in [-0.2, 0) is 4.74 Å². The molecule has 0 spiro atoms. The van der Waals surface area contributed by atoms with Crippen LogP contribution < -0.4 is 0 Å². The highest BCUT2D eigenvalue weighted by Crippen LogP contribution is 2.51. The lowest BCUT2D eigenvalue weighted by molar-refractivity contribution is 0.0229. The zero-order chi connectivity index (χ0) is 13.6. The molecule has 2 aliphatic carbocycles. The van der Waals surface area contributed by atoms with Crippen LogP contribution in [0.2, 0.25) is 0 Å². The van der Waals surface area contributed by atoms with Crippen LogP contribution in [0, 0.1) is 18.8 Å². The van der Waals surface area contributed by atoms with E-state index < -0.39 is 0 Å². The van der Waals surface area contributed by atoms with Crippen molar-refractivity contribution in [3.05, 3.63) is 59.7 Å². The van der Waals surface area contributed by atoms with E-state index in [9.17, 15) is 4.79 Å². The molecule has 0 heterocycles. The summed E-state index contributed by atoms with van der Waals surface area (Å²) in [5.41, 5.74) is 4.00. The Kier molecular flexibility index (Phi) is 2.81. The van der Waals surface area contributed by atoms with Crippen molar-refractivity contribution in [2.45, 2.75) is 25.9 Å². The van der Waals surface area contributed by atoms with Crippen LogP contribution >= 0.6 is 0 Å². The van der Waals surface area contributed by atoms with Gasteiger partial charge in [0.05, 0.1) is 5.56 Å². The molecule has 2 heteroatoms. The molecule has 1 aromatic rings. The first-order valence-electron chi connectivity index (χ1n) is 6.72. The van der Waals surface area contributed by atoms with Gasteiger partial charge in [0.2, 0.25) is 0 Å². The van der Waals surface area contributed by atoms with Crippen LogP contribution in [0.3, 0.4) is 0 Å². The maximum atomic E-state index is 12.1. The number of carbonyl (C=O) groups excluding carboxylic acids is 1. The summed E-state index contributed by atoms with van der Waals surface area (Å²) in [6.45, 7) is 10.1. The Morgan fingerprint density at radius 3 is 2.42 bits per heavy atom. The van der Waals surface area contributed by atoms with E-state index >= 15 is 0 Å². The second kappa shape index (κ2) is 4.37. The van der Waals surface area contributed by atoms with Gasteiger partial charge in [-0.25, -0.2) is 4.79 Å². The Labute approximate surface area is 113 Å². The Balaban J connectivity index is 1.70. The molecule has 3 atom stereocenters. The number of hydrogen-bond donors (Lipinski definition) is 0. The minimum absolute atomic E-state index is 0.0168. The molecule has 19 heavy (non-hydrogen) atoms. The Bertz CT molecular complexity index is 553. The highest BCUT2D eigenvalue weighted by atomic mass is 16.5. The first-order chi connectivity index (χ1) is 9.06. The molecule has 0 amide bonds. The summed E-state index contributed by atoms with van der Waals surface area (Å²) in [5, 5.41) is 0. The second-order valence-corrected chi connectivity index (χ2v) is 5.64. The first kappa shape index (κ1) is 12.2. The van der Waals surface area contributed by atoms with Gasteiger partial charge in [-0.2, -0.15) is 0 Å². The SMILES string of the molecule is C=C1C(=C)[C@@H]2C[C@H]1C[C@H]2OC(=O)c1ccc(C)cc1. The van der Waals surface area contributed by atoms with Gasteiger partial charge in [0.25, 0.3) is 0 Å². The third-order valence-electron chi connectivity index (χ3n) is 4.40. The molecule has 2 fully saturated rings. The molecule has 2 aliphatic rings. The number of rotatable bonds is 2. The van der Waals surface area contributed by atoms with Crippen LogP contribution in [0.5, 0.6) is 0 Å². The smallest absolute Gasteiger partial charge is 0.338 e. The van der Waals surface area contributed by atoms with E-state index in [0.29, 0.717) is 11.5 Å². The summed E-state index contributed by atoms with van der Waals surface area (Å²) in [6.07, 6.45) is 1.93. The van der Waals surface area contributed by atoms with E-state index in [4.69, 9.17) is 4.74 Å². The number of ether oxygens (including phenoxy) is 1. The molecule has 3 rings (SSSR count). The zero-order valence-corrected chi connectivity index (χ0v) is 11.2. The molecule has 0 aromatic heterocycles. The van der Waals surface area contributed by atoms with Gasteiger partial charge in [0, 0.05) is 5.92 Å². The van der Waals surface area contributed by atoms with Crippen LogP contribution in [0.15, 0.2) is 48.6 Å². The fourth-order valence-electron chi connectivity index (χ4n) is 3.18. The Morgan fingerprint density at radius 2 is 1.84 bits per heavy atom. The molecule has 1 aromatic carbocycles. The van der Waals surface area contributed by atoms with Gasteiger partial charge in [-0.1, -0.05) is 30.9 Å². The number of aryl methyl sites for hydroxylation is 1. The van der Waals surface area contributed by atoms with Crippen LogP contribution in [0.1, 0.15) is 28.8 Å². The topological polar surface area (TPSA) is 26.3 Å². The van der Waals surface area contributed by atoms with E-state index in [1.165, 1.54) is 0 Å². The number of carbonyl (C=O) groups is 1. The van der Waals surface area contributed by atoms with Gasteiger partial charge < -0.3 is 4.74 Å². The quantitative estimate of drug-likeness (QED) is 0.753. The van der Waals surface area contributed by atoms with Gasteiger partial charge in [0.15, 0.2) is 0 Å². The summed E-state index contributed by atoms with van der Waals surface area (Å²) in [4.78, 5) is 12.1. The molecule has 98 valence electrons. The molecule has 0 N–H and O–H groups in total. The molecule has 0 radical (unpaired) electrons. The van der Waals surface area contributed by atoms with Gasteiger partial charge in [-0.05, 0) is 49.0 Å². The summed E-state index contributed by atoms with van der Waals surface area (Å²) in [5.74, 6) is 0.524. The summed E-state index contributed by atoms with van der Waals surface area (Å²) >= 11 is 0. The maximum Gasteiger partial charge on any atom is 0.338 e. The van der Waals surface area contributed by atoms with Gasteiger partial charge in [0.1, 0.15) is 6.10 Å². The number of fused-ring (bicyclic) bond motifs is 2. The fourth-order valence-corrected chi connectivity index (χ4v) is 3.18. The number of hydrogen-bond acceptors (Lipinski definition) is 2. The highest BCUT2D eigenvalue weighted by Gasteiger charge is 2.46. The predicted octanol–water partition coefficient (Wildman–Crippen LogP) is 3.67. The largest absolute Gasteiger partial charge is 0.458 e. The third kappa shape index (κ3) is 2.01. The maximum absolute atomic E-state index is 12.1. The van der Waals surface area contributed by atoms with Crippen molar-refractivity contribution in [1.82, 2.24) is 0 Å². The van der Waals surface area contributed by atoms with Crippen molar-refractivity contribution in [2.75, 3.05) is 0 Å². The number of benzene rings is 1. The number of esters is 1. The lowest BCUT2D eigenvalue weighted by Gasteiger charge is -2.25. The summed E-state index contributed by atoms with van der Waals surface area (Å²) < 4.78 is 5.65. The normalized spacial score (nSPS) is 28.8. The minimum Gasteiger partial charge on any atom is -0.458 e. The van der Waals surface area contributed by atoms with E-state index in [2.05, 4.69) is 13.2 Å². The Morgan fingerprint density at radius 1 is 1.16 bits per heavy atom. The minimum atomic E-state index is -0.226. The Hall–Kier alpha value is -1.83. The van der Waals surface area contributed by atoms with Gasteiger partial charge in [-0.15, -0.1) is 0 Å². The second-order valence-electron chi connectivity index (χ2n) is 5.64. The number of allylic oxidation sites excluding steroid dienone is 1. The lowest BCUT2D eigenvalue weighted by atomic mass is 9.90. The molecule has 2 saturated carbocycles. The summed E-state index contributed by atoms with van der Waals surface area (Å²) in [6, 6.07) is 7.49. The van der Waals surface area contributed by atoms with E-state index in [1.807, 2.05) is 31.2 Å². The third-order valence-corrected chi connectivity index (χ3v) is 4.40. The van der Waals surface area contributed by atoms with E-state index in [-0.39, 0.29) is 18.0 Å². The van der Waals surface area contributed by atoms with Crippen LogP contribution in [0.4, 0.5) is 0 Å². The van der Waals surface area contributed by atoms with Crippen LogP contribution in [-0.4, -0.2) is 12.1 Å². The lowest BCUT2D eigenvalue weighted by Crippen LogP contribution is -2.25.